The summed E-state index contributed by atoms with van der Waals surface area (Å²) in [5.74, 6) is 0. The number of amides is 3. The van der Waals surface area contributed by atoms with Gasteiger partial charge in [0.05, 0.1) is 10.6 Å². The highest BCUT2D eigenvalue weighted by Crippen LogP contribution is 2.40. The molecule has 0 aromatic heterocycles. The number of benzene rings is 1. The van der Waals surface area contributed by atoms with E-state index in [9.17, 15) is 22.8 Å². The van der Waals surface area contributed by atoms with Crippen molar-refractivity contribution in [2.75, 3.05) is 26.2 Å². The van der Waals surface area contributed by atoms with Crippen LogP contribution in [0.2, 0.25) is 5.02 Å². The normalized spacial score (nSPS) is 18.5. The van der Waals surface area contributed by atoms with Crippen molar-refractivity contribution in [3.05, 3.63) is 34.3 Å². The van der Waals surface area contributed by atoms with Crippen molar-refractivity contribution >= 4 is 23.7 Å². The molecule has 0 radical (unpaired) electrons. The minimum atomic E-state index is -4.55. The van der Waals surface area contributed by atoms with E-state index in [2.05, 4.69) is 5.32 Å². The van der Waals surface area contributed by atoms with Crippen LogP contribution in [0.25, 0.3) is 0 Å². The van der Waals surface area contributed by atoms with Crippen LogP contribution in [0.15, 0.2) is 18.2 Å². The van der Waals surface area contributed by atoms with Crippen molar-refractivity contribution in [3.8, 4) is 0 Å². The number of hydrogen-bond donors (Lipinski definition) is 1. The number of hydrogen-bond acceptors (Lipinski definition) is 3. The molecular formula is C21H27ClF3N3O3. The lowest BCUT2D eigenvalue weighted by Crippen LogP contribution is -2.64. The molecule has 2 fully saturated rings. The van der Waals surface area contributed by atoms with Crippen molar-refractivity contribution < 1.29 is 27.5 Å². The highest BCUT2D eigenvalue weighted by Gasteiger charge is 2.47. The third-order valence-corrected chi connectivity index (χ3v) is 5.93. The van der Waals surface area contributed by atoms with Crippen LogP contribution in [0.5, 0.6) is 0 Å². The van der Waals surface area contributed by atoms with Crippen molar-refractivity contribution in [1.29, 1.82) is 0 Å². The number of piperidine rings is 1. The smallest absolute Gasteiger partial charge is 0.417 e. The Balaban J connectivity index is 1.46. The number of halogens is 4. The molecule has 3 amide bonds. The van der Waals surface area contributed by atoms with Gasteiger partial charge in [0.15, 0.2) is 0 Å². The Morgan fingerprint density at radius 1 is 1.13 bits per heavy atom. The molecule has 2 aliphatic heterocycles. The predicted molar refractivity (Wildman–Crippen MR) is 110 cm³/mol. The summed E-state index contributed by atoms with van der Waals surface area (Å²) in [5.41, 5.74) is -1.14. The summed E-state index contributed by atoms with van der Waals surface area (Å²) in [6.45, 7) is 7.75. The SMILES string of the molecule is CC(C)(C)OC(=O)N1CCC2(CC1)CN(C(=O)NCc1ccc(Cl)c(C(F)(F)F)c1)C2. The quantitative estimate of drug-likeness (QED) is 0.681. The fraction of sp³-hybridized carbons (Fsp3) is 0.619. The molecule has 2 aliphatic rings. The fourth-order valence-electron chi connectivity index (χ4n) is 3.90. The zero-order chi connectivity index (χ0) is 23.0. The van der Waals surface area contributed by atoms with Gasteiger partial charge in [-0.05, 0) is 51.3 Å². The Morgan fingerprint density at radius 2 is 1.74 bits per heavy atom. The molecule has 0 aliphatic carbocycles. The number of likely N-dealkylation sites (tertiary alicyclic amines) is 2. The van der Waals surface area contributed by atoms with Crippen molar-refractivity contribution in [3.63, 3.8) is 0 Å². The molecular weight excluding hydrogens is 435 g/mol. The van der Waals surface area contributed by atoms with Crippen LogP contribution in [-0.2, 0) is 17.5 Å². The summed E-state index contributed by atoms with van der Waals surface area (Å²) >= 11 is 5.62. The van der Waals surface area contributed by atoms with Gasteiger partial charge in [-0.2, -0.15) is 13.2 Å². The number of urea groups is 1. The number of rotatable bonds is 2. The molecule has 6 nitrogen and oxygen atoms in total. The van der Waals surface area contributed by atoms with E-state index in [1.54, 1.807) is 9.80 Å². The lowest BCUT2D eigenvalue weighted by molar-refractivity contribution is -0.137. The van der Waals surface area contributed by atoms with E-state index in [4.69, 9.17) is 16.3 Å². The third kappa shape index (κ3) is 5.75. The Morgan fingerprint density at radius 3 is 2.29 bits per heavy atom. The summed E-state index contributed by atoms with van der Waals surface area (Å²) in [5, 5.41) is 2.30. The highest BCUT2D eigenvalue weighted by molar-refractivity contribution is 6.31. The van der Waals surface area contributed by atoms with Crippen molar-refractivity contribution in [1.82, 2.24) is 15.1 Å². The van der Waals surface area contributed by atoms with Gasteiger partial charge in [-0.3, -0.25) is 0 Å². The van der Waals surface area contributed by atoms with Crippen LogP contribution >= 0.6 is 11.6 Å². The molecule has 1 N–H and O–H groups in total. The van der Waals surface area contributed by atoms with Crippen molar-refractivity contribution in [2.24, 2.45) is 5.41 Å². The standard InChI is InChI=1S/C21H27ClF3N3O3/c1-19(2,3)31-18(30)27-8-6-20(7-9-27)12-28(13-20)17(29)26-11-14-4-5-16(22)15(10-14)21(23,24)25/h4-5,10H,6-9,11-13H2,1-3H3,(H,26,29). The zero-order valence-electron chi connectivity index (χ0n) is 17.8. The molecule has 10 heteroatoms. The summed E-state index contributed by atoms with van der Waals surface area (Å²) in [7, 11) is 0. The first-order valence-electron chi connectivity index (χ1n) is 10.1. The maximum absolute atomic E-state index is 13.0. The number of carbonyl (C=O) groups is 2. The maximum atomic E-state index is 13.0. The van der Waals surface area contributed by atoms with E-state index < -0.39 is 17.3 Å². The van der Waals surface area contributed by atoms with Crippen LogP contribution in [0, 0.1) is 5.41 Å². The number of nitrogens with zero attached hydrogens (tertiary/aromatic N) is 2. The minimum Gasteiger partial charge on any atom is -0.444 e. The minimum absolute atomic E-state index is 0.0143. The second-order valence-electron chi connectivity index (χ2n) is 9.29. The first-order valence-corrected chi connectivity index (χ1v) is 10.5. The van der Waals surface area contributed by atoms with E-state index in [0.29, 0.717) is 31.7 Å². The van der Waals surface area contributed by atoms with E-state index >= 15 is 0 Å². The molecule has 1 spiro atoms. The molecule has 0 bridgehead atoms. The lowest BCUT2D eigenvalue weighted by Gasteiger charge is -2.53. The van der Waals surface area contributed by atoms with Gasteiger partial charge in [0.25, 0.3) is 0 Å². The molecule has 31 heavy (non-hydrogen) atoms. The van der Waals surface area contributed by atoms with Gasteiger partial charge >= 0.3 is 18.3 Å². The van der Waals surface area contributed by atoms with Gasteiger partial charge in [-0.1, -0.05) is 17.7 Å². The fourth-order valence-corrected chi connectivity index (χ4v) is 4.13. The lowest BCUT2D eigenvalue weighted by atomic mass is 9.72. The Labute approximate surface area is 184 Å². The third-order valence-electron chi connectivity index (χ3n) is 5.60. The van der Waals surface area contributed by atoms with Gasteiger partial charge in [0, 0.05) is 38.1 Å². The Kier molecular flexibility index (Phi) is 6.37. The van der Waals surface area contributed by atoms with Gasteiger partial charge < -0.3 is 19.9 Å². The number of alkyl halides is 3. The monoisotopic (exact) mass is 461 g/mol. The Hall–Kier alpha value is -2.16. The summed E-state index contributed by atoms with van der Waals surface area (Å²) in [4.78, 5) is 27.9. The molecule has 0 saturated carbocycles. The second-order valence-corrected chi connectivity index (χ2v) is 9.70. The van der Waals surface area contributed by atoms with E-state index in [1.165, 1.54) is 12.1 Å². The molecule has 3 rings (SSSR count). The van der Waals surface area contributed by atoms with Gasteiger partial charge in [0.2, 0.25) is 0 Å². The number of ether oxygens (including phenoxy) is 1. The predicted octanol–water partition coefficient (Wildman–Crippen LogP) is 4.90. The van der Waals surface area contributed by atoms with Crippen LogP contribution < -0.4 is 5.32 Å². The average molecular weight is 462 g/mol. The van der Waals surface area contributed by atoms with Crippen LogP contribution in [0.4, 0.5) is 22.8 Å². The zero-order valence-corrected chi connectivity index (χ0v) is 18.6. The summed E-state index contributed by atoms with van der Waals surface area (Å²) < 4.78 is 44.3. The second kappa shape index (κ2) is 8.41. The molecule has 2 heterocycles. The first-order chi connectivity index (χ1) is 14.3. The molecule has 2 saturated heterocycles. The average Bonchev–Trinajstić information content (AvgIpc) is 2.63. The number of nitrogens with one attached hydrogen (secondary N) is 1. The van der Waals surface area contributed by atoms with Crippen LogP contribution in [0.1, 0.15) is 44.7 Å². The largest absolute Gasteiger partial charge is 0.444 e. The van der Waals surface area contributed by atoms with E-state index in [0.717, 1.165) is 18.9 Å². The van der Waals surface area contributed by atoms with Crippen LogP contribution in [0.3, 0.4) is 0 Å². The maximum Gasteiger partial charge on any atom is 0.417 e. The van der Waals surface area contributed by atoms with Gasteiger partial charge in [-0.25, -0.2) is 9.59 Å². The number of carbonyl (C=O) groups excluding carboxylic acids is 2. The van der Waals surface area contributed by atoms with E-state index in [1.807, 2.05) is 20.8 Å². The Bertz CT molecular complexity index is 838. The summed E-state index contributed by atoms with van der Waals surface area (Å²) in [6, 6.07) is 3.28. The molecule has 0 atom stereocenters. The first kappa shape index (κ1) is 23.5. The topological polar surface area (TPSA) is 61.9 Å². The summed E-state index contributed by atoms with van der Waals surface area (Å²) in [6.07, 6.45) is -3.31. The van der Waals surface area contributed by atoms with Crippen molar-refractivity contribution in [2.45, 2.75) is 51.9 Å². The molecule has 172 valence electrons. The van der Waals surface area contributed by atoms with Gasteiger partial charge in [-0.15, -0.1) is 0 Å². The molecule has 0 unspecified atom stereocenters. The molecule has 1 aromatic carbocycles. The van der Waals surface area contributed by atoms with Gasteiger partial charge in [0.1, 0.15) is 5.60 Å². The highest BCUT2D eigenvalue weighted by atomic mass is 35.5. The van der Waals surface area contributed by atoms with Crippen LogP contribution in [-0.4, -0.2) is 53.7 Å². The van der Waals surface area contributed by atoms with E-state index in [-0.39, 0.29) is 29.1 Å². The molecule has 1 aromatic rings.